The van der Waals surface area contributed by atoms with Crippen LogP contribution in [0.25, 0.3) is 0 Å². The maximum Gasteiger partial charge on any atom is 0.214 e. The predicted octanol–water partition coefficient (Wildman–Crippen LogP) is 3.15. The molecule has 0 saturated carbocycles. The number of pyridine rings is 1. The molecular formula is C14H11F2NO. The highest BCUT2D eigenvalue weighted by Gasteiger charge is 2.19. The zero-order valence-corrected chi connectivity index (χ0v) is 9.78. The minimum Gasteiger partial charge on any atom is -0.287 e. The molecule has 1 aromatic carbocycles. The van der Waals surface area contributed by atoms with Gasteiger partial charge in [0.05, 0.1) is 5.56 Å². The number of benzene rings is 1. The van der Waals surface area contributed by atoms with Crippen molar-refractivity contribution in [3.63, 3.8) is 0 Å². The van der Waals surface area contributed by atoms with Crippen LogP contribution in [-0.2, 0) is 6.42 Å². The summed E-state index contributed by atoms with van der Waals surface area (Å²) < 4.78 is 26.6. The van der Waals surface area contributed by atoms with Gasteiger partial charge in [-0.25, -0.2) is 8.78 Å². The van der Waals surface area contributed by atoms with Crippen LogP contribution < -0.4 is 0 Å². The van der Waals surface area contributed by atoms with Crippen LogP contribution in [0.2, 0.25) is 0 Å². The molecule has 2 rings (SSSR count). The maximum atomic E-state index is 13.5. The fourth-order valence-corrected chi connectivity index (χ4v) is 1.74. The van der Waals surface area contributed by atoms with E-state index in [1.807, 2.05) is 6.92 Å². The summed E-state index contributed by atoms with van der Waals surface area (Å²) in [5, 5.41) is 0. The van der Waals surface area contributed by atoms with E-state index in [1.165, 1.54) is 18.3 Å². The van der Waals surface area contributed by atoms with E-state index in [2.05, 4.69) is 4.98 Å². The largest absolute Gasteiger partial charge is 0.287 e. The molecule has 2 nitrogen and oxygen atoms in total. The van der Waals surface area contributed by atoms with Gasteiger partial charge in [-0.1, -0.05) is 19.1 Å². The number of carbonyl (C=O) groups excluding carboxylic acids is 1. The molecule has 4 heteroatoms. The second-order valence-electron chi connectivity index (χ2n) is 3.80. The van der Waals surface area contributed by atoms with Crippen LogP contribution in [0.4, 0.5) is 8.78 Å². The van der Waals surface area contributed by atoms with E-state index in [0.29, 0.717) is 12.0 Å². The van der Waals surface area contributed by atoms with Gasteiger partial charge in [-0.3, -0.25) is 9.78 Å². The third-order valence-electron chi connectivity index (χ3n) is 2.68. The van der Waals surface area contributed by atoms with Gasteiger partial charge in [0, 0.05) is 6.20 Å². The number of hydrogen-bond acceptors (Lipinski definition) is 2. The average molecular weight is 247 g/mol. The Hall–Kier alpha value is -2.10. The van der Waals surface area contributed by atoms with Crippen molar-refractivity contribution in [1.82, 2.24) is 4.98 Å². The summed E-state index contributed by atoms with van der Waals surface area (Å²) in [6.45, 7) is 1.87. The third kappa shape index (κ3) is 2.14. The lowest BCUT2D eigenvalue weighted by molar-refractivity contribution is 0.102. The van der Waals surface area contributed by atoms with Gasteiger partial charge in [0.2, 0.25) is 5.78 Å². The van der Waals surface area contributed by atoms with Gasteiger partial charge in [0.15, 0.2) is 11.6 Å². The topological polar surface area (TPSA) is 30.0 Å². The Labute approximate surface area is 103 Å². The number of carbonyl (C=O) groups is 1. The van der Waals surface area contributed by atoms with Crippen LogP contribution in [0.3, 0.4) is 0 Å². The lowest BCUT2D eigenvalue weighted by Gasteiger charge is -2.06. The number of nitrogens with zero attached hydrogens (tertiary/aromatic N) is 1. The normalized spacial score (nSPS) is 10.4. The quantitative estimate of drug-likeness (QED) is 0.780. The summed E-state index contributed by atoms with van der Waals surface area (Å²) in [4.78, 5) is 16.1. The monoisotopic (exact) mass is 247 g/mol. The summed E-state index contributed by atoms with van der Waals surface area (Å²) in [6.07, 6.45) is 2.06. The van der Waals surface area contributed by atoms with Crippen molar-refractivity contribution in [2.45, 2.75) is 13.3 Å². The lowest BCUT2D eigenvalue weighted by atomic mass is 10.0. The van der Waals surface area contributed by atoms with Gasteiger partial charge in [-0.15, -0.1) is 0 Å². The molecule has 0 atom stereocenters. The van der Waals surface area contributed by atoms with E-state index in [1.54, 1.807) is 12.1 Å². The molecule has 0 N–H and O–H groups in total. The Morgan fingerprint density at radius 1 is 1.22 bits per heavy atom. The van der Waals surface area contributed by atoms with Crippen LogP contribution in [-0.4, -0.2) is 10.8 Å². The van der Waals surface area contributed by atoms with Gasteiger partial charge in [0.1, 0.15) is 5.69 Å². The van der Waals surface area contributed by atoms with Crippen molar-refractivity contribution in [3.8, 4) is 0 Å². The predicted molar refractivity (Wildman–Crippen MR) is 63.4 cm³/mol. The van der Waals surface area contributed by atoms with Gasteiger partial charge < -0.3 is 0 Å². The Kier molecular flexibility index (Phi) is 3.46. The second-order valence-corrected chi connectivity index (χ2v) is 3.80. The first-order valence-corrected chi connectivity index (χ1v) is 5.57. The van der Waals surface area contributed by atoms with Crippen molar-refractivity contribution in [1.29, 1.82) is 0 Å². The Morgan fingerprint density at radius 2 is 2.00 bits per heavy atom. The molecule has 0 fully saturated rings. The highest BCUT2D eigenvalue weighted by molar-refractivity contribution is 6.08. The number of aryl methyl sites for hydroxylation is 1. The fraction of sp³-hybridized carbons (Fsp3) is 0.143. The Balaban J connectivity index is 2.52. The first-order valence-electron chi connectivity index (χ1n) is 5.57. The SMILES string of the molecule is CCc1cccnc1C(=O)c1cccc(F)c1F. The summed E-state index contributed by atoms with van der Waals surface area (Å²) >= 11 is 0. The van der Waals surface area contributed by atoms with Crippen LogP contribution >= 0.6 is 0 Å². The summed E-state index contributed by atoms with van der Waals surface area (Å²) in [7, 11) is 0. The van der Waals surface area contributed by atoms with Gasteiger partial charge in [-0.05, 0) is 30.2 Å². The zero-order valence-electron chi connectivity index (χ0n) is 9.78. The van der Waals surface area contributed by atoms with Gasteiger partial charge in [-0.2, -0.15) is 0 Å². The molecule has 0 spiro atoms. The first kappa shape index (κ1) is 12.4. The molecule has 0 bridgehead atoms. The molecule has 0 amide bonds. The number of ketones is 1. The number of halogens is 2. The highest BCUT2D eigenvalue weighted by atomic mass is 19.2. The molecule has 0 aliphatic rings. The Bertz CT molecular complexity index is 596. The van der Waals surface area contributed by atoms with Gasteiger partial charge in [0.25, 0.3) is 0 Å². The molecule has 2 aromatic rings. The summed E-state index contributed by atoms with van der Waals surface area (Å²) in [5.41, 5.74) is 0.596. The zero-order chi connectivity index (χ0) is 13.1. The maximum absolute atomic E-state index is 13.5. The van der Waals surface area contributed by atoms with Gasteiger partial charge >= 0.3 is 0 Å². The molecule has 92 valence electrons. The number of hydrogen-bond donors (Lipinski definition) is 0. The van der Waals surface area contributed by atoms with Crippen molar-refractivity contribution in [3.05, 3.63) is 65.0 Å². The minimum atomic E-state index is -1.13. The van der Waals surface area contributed by atoms with E-state index in [4.69, 9.17) is 0 Å². The van der Waals surface area contributed by atoms with E-state index in [0.717, 1.165) is 6.07 Å². The van der Waals surface area contributed by atoms with Crippen LogP contribution in [0.5, 0.6) is 0 Å². The third-order valence-corrected chi connectivity index (χ3v) is 2.68. The van der Waals surface area contributed by atoms with E-state index >= 15 is 0 Å². The van der Waals surface area contributed by atoms with Crippen molar-refractivity contribution in [2.24, 2.45) is 0 Å². The number of rotatable bonds is 3. The van der Waals surface area contributed by atoms with E-state index in [-0.39, 0.29) is 11.3 Å². The van der Waals surface area contributed by atoms with Crippen molar-refractivity contribution in [2.75, 3.05) is 0 Å². The standard InChI is InChI=1S/C14H11F2NO/c1-2-9-5-4-8-17-13(9)14(18)10-6-3-7-11(15)12(10)16/h3-8H,2H2,1H3. The van der Waals surface area contributed by atoms with Crippen LogP contribution in [0.1, 0.15) is 28.5 Å². The molecule has 1 aromatic heterocycles. The fourth-order valence-electron chi connectivity index (χ4n) is 1.74. The molecule has 0 aliphatic heterocycles. The average Bonchev–Trinajstić information content (AvgIpc) is 2.41. The lowest BCUT2D eigenvalue weighted by Crippen LogP contribution is -2.10. The van der Waals surface area contributed by atoms with Crippen molar-refractivity contribution < 1.29 is 13.6 Å². The summed E-state index contributed by atoms with van der Waals surface area (Å²) in [5.74, 6) is -2.76. The molecule has 0 radical (unpaired) electrons. The van der Waals surface area contributed by atoms with E-state index in [9.17, 15) is 13.6 Å². The second kappa shape index (κ2) is 5.04. The molecule has 0 aliphatic carbocycles. The molecule has 0 saturated heterocycles. The molecule has 1 heterocycles. The number of aromatic nitrogens is 1. The molecule has 18 heavy (non-hydrogen) atoms. The highest BCUT2D eigenvalue weighted by Crippen LogP contribution is 2.17. The molecular weight excluding hydrogens is 236 g/mol. The van der Waals surface area contributed by atoms with E-state index < -0.39 is 17.4 Å². The first-order chi connectivity index (χ1) is 8.65. The minimum absolute atomic E-state index is 0.171. The smallest absolute Gasteiger partial charge is 0.214 e. The van der Waals surface area contributed by atoms with Crippen molar-refractivity contribution >= 4 is 5.78 Å². The Morgan fingerprint density at radius 3 is 2.72 bits per heavy atom. The van der Waals surface area contributed by atoms with Crippen LogP contribution in [0.15, 0.2) is 36.5 Å². The van der Waals surface area contributed by atoms with Crippen LogP contribution in [0, 0.1) is 11.6 Å². The molecule has 0 unspecified atom stereocenters. The summed E-state index contributed by atoms with van der Waals surface area (Å²) in [6, 6.07) is 7.00.